The summed E-state index contributed by atoms with van der Waals surface area (Å²) in [6, 6.07) is 4.50. The summed E-state index contributed by atoms with van der Waals surface area (Å²) in [7, 11) is 0. The van der Waals surface area contributed by atoms with E-state index in [0.29, 0.717) is 12.6 Å². The van der Waals surface area contributed by atoms with E-state index in [4.69, 9.17) is 0 Å². The Morgan fingerprint density at radius 1 is 1.44 bits per heavy atom. The quantitative estimate of drug-likeness (QED) is 0.835. The Morgan fingerprint density at radius 3 is 3.22 bits per heavy atom. The largest absolute Gasteiger partial charge is 0.320 e. The number of pyridine rings is 1. The molecule has 5 heteroatoms. The first-order chi connectivity index (χ1) is 8.84. The number of carbonyl (C=O) groups is 1. The summed E-state index contributed by atoms with van der Waals surface area (Å²) in [5.74, 6) is 0. The molecule has 0 spiro atoms. The lowest BCUT2D eigenvalue weighted by Crippen LogP contribution is -2.61. The molecule has 1 unspecified atom stereocenters. The summed E-state index contributed by atoms with van der Waals surface area (Å²) in [5, 5.41) is 3.35. The predicted octanol–water partition coefficient (Wildman–Crippen LogP) is 0.681. The van der Waals surface area contributed by atoms with Crippen LogP contribution in [0.2, 0.25) is 0 Å². The van der Waals surface area contributed by atoms with Crippen LogP contribution in [0.3, 0.4) is 0 Å². The average Bonchev–Trinajstić information content (AvgIpc) is 2.43. The summed E-state index contributed by atoms with van der Waals surface area (Å²) in [6.45, 7) is 4.18. The molecule has 2 amide bonds. The lowest BCUT2D eigenvalue weighted by molar-refractivity contribution is 0.0831. The number of hydrogen-bond acceptors (Lipinski definition) is 3. The van der Waals surface area contributed by atoms with E-state index < -0.39 is 0 Å². The van der Waals surface area contributed by atoms with E-state index in [2.05, 4.69) is 10.3 Å². The van der Waals surface area contributed by atoms with Gasteiger partial charge in [0.2, 0.25) is 0 Å². The number of piperazine rings is 1. The molecule has 0 saturated carbocycles. The minimum absolute atomic E-state index is 0.177. The molecule has 3 heterocycles. The van der Waals surface area contributed by atoms with Gasteiger partial charge in [-0.2, -0.15) is 0 Å². The lowest BCUT2D eigenvalue weighted by Gasteiger charge is -2.44. The van der Waals surface area contributed by atoms with Crippen LogP contribution < -0.4 is 5.32 Å². The van der Waals surface area contributed by atoms with Gasteiger partial charge in [0.25, 0.3) is 0 Å². The van der Waals surface area contributed by atoms with Crippen molar-refractivity contribution in [2.24, 2.45) is 0 Å². The van der Waals surface area contributed by atoms with E-state index in [0.717, 1.165) is 38.2 Å². The Balaban J connectivity index is 1.69. The predicted molar refractivity (Wildman–Crippen MR) is 68.0 cm³/mol. The fourth-order valence-electron chi connectivity index (χ4n) is 2.71. The molecule has 2 aliphatic heterocycles. The fourth-order valence-corrected chi connectivity index (χ4v) is 2.71. The number of hydrogen-bond donors (Lipinski definition) is 1. The Kier molecular flexibility index (Phi) is 3.15. The van der Waals surface area contributed by atoms with Crippen molar-refractivity contribution in [3.8, 4) is 0 Å². The van der Waals surface area contributed by atoms with E-state index in [1.54, 1.807) is 6.20 Å². The first kappa shape index (κ1) is 11.5. The molecule has 2 fully saturated rings. The maximum Gasteiger partial charge on any atom is 0.320 e. The number of amides is 2. The number of carbonyl (C=O) groups excluding carboxylic acids is 1. The van der Waals surface area contributed by atoms with Crippen LogP contribution in [0.15, 0.2) is 24.5 Å². The normalized spacial score (nSPS) is 24.0. The van der Waals surface area contributed by atoms with Gasteiger partial charge in [0, 0.05) is 51.2 Å². The highest BCUT2D eigenvalue weighted by atomic mass is 16.2. The van der Waals surface area contributed by atoms with Gasteiger partial charge >= 0.3 is 6.03 Å². The average molecular weight is 246 g/mol. The summed E-state index contributed by atoms with van der Waals surface area (Å²) in [6.07, 6.45) is 4.64. The van der Waals surface area contributed by atoms with Gasteiger partial charge < -0.3 is 15.1 Å². The highest BCUT2D eigenvalue weighted by molar-refractivity contribution is 5.75. The Labute approximate surface area is 107 Å². The van der Waals surface area contributed by atoms with E-state index in [9.17, 15) is 4.79 Å². The molecule has 1 aromatic heterocycles. The van der Waals surface area contributed by atoms with Crippen molar-refractivity contribution in [1.82, 2.24) is 20.1 Å². The lowest BCUT2D eigenvalue weighted by atomic mass is 10.1. The van der Waals surface area contributed by atoms with Crippen molar-refractivity contribution in [3.05, 3.63) is 30.1 Å². The number of nitrogens with zero attached hydrogens (tertiary/aromatic N) is 3. The van der Waals surface area contributed by atoms with Gasteiger partial charge in [0.05, 0.1) is 0 Å². The van der Waals surface area contributed by atoms with E-state index in [1.165, 1.54) is 0 Å². The molecular weight excluding hydrogens is 228 g/mol. The molecule has 5 nitrogen and oxygen atoms in total. The van der Waals surface area contributed by atoms with Crippen LogP contribution in [0.1, 0.15) is 12.0 Å². The molecule has 96 valence electrons. The van der Waals surface area contributed by atoms with Gasteiger partial charge in [-0.15, -0.1) is 0 Å². The monoisotopic (exact) mass is 246 g/mol. The van der Waals surface area contributed by atoms with Crippen molar-refractivity contribution in [2.45, 2.75) is 19.0 Å². The Hall–Kier alpha value is -1.62. The molecule has 0 bridgehead atoms. The molecule has 1 N–H and O–H groups in total. The molecule has 0 radical (unpaired) electrons. The maximum absolute atomic E-state index is 12.4. The zero-order chi connectivity index (χ0) is 12.4. The number of nitrogens with one attached hydrogen (secondary N) is 1. The van der Waals surface area contributed by atoms with Gasteiger partial charge in [-0.25, -0.2) is 4.79 Å². The molecular formula is C13H18N4O. The van der Waals surface area contributed by atoms with Crippen LogP contribution in [0.4, 0.5) is 4.79 Å². The van der Waals surface area contributed by atoms with Crippen LogP contribution in [0.5, 0.6) is 0 Å². The minimum Gasteiger partial charge on any atom is -0.320 e. The molecule has 3 rings (SSSR count). The zero-order valence-corrected chi connectivity index (χ0v) is 10.4. The first-order valence-electron chi connectivity index (χ1n) is 6.50. The van der Waals surface area contributed by atoms with Crippen LogP contribution in [-0.2, 0) is 6.54 Å². The van der Waals surface area contributed by atoms with Crippen LogP contribution in [0, 0.1) is 0 Å². The van der Waals surface area contributed by atoms with E-state index in [-0.39, 0.29) is 6.03 Å². The molecule has 2 saturated heterocycles. The molecule has 2 aliphatic rings. The Bertz CT molecular complexity index is 422. The Morgan fingerprint density at radius 2 is 2.39 bits per heavy atom. The molecule has 0 aromatic carbocycles. The minimum atomic E-state index is 0.177. The van der Waals surface area contributed by atoms with E-state index >= 15 is 0 Å². The first-order valence-corrected chi connectivity index (χ1v) is 6.50. The highest BCUT2D eigenvalue weighted by Crippen LogP contribution is 2.19. The fraction of sp³-hybridized carbons (Fsp3) is 0.538. The molecule has 1 aromatic rings. The highest BCUT2D eigenvalue weighted by Gasteiger charge is 2.34. The molecule has 18 heavy (non-hydrogen) atoms. The molecule has 1 atom stereocenters. The van der Waals surface area contributed by atoms with E-state index in [1.807, 2.05) is 28.1 Å². The number of fused-ring (bicyclic) bond motifs is 1. The number of rotatable bonds is 2. The smallest absolute Gasteiger partial charge is 0.320 e. The van der Waals surface area contributed by atoms with Gasteiger partial charge in [-0.05, 0) is 18.1 Å². The topological polar surface area (TPSA) is 48.5 Å². The SMILES string of the molecule is O=C1N(Cc2cccnc2)CCC2CNCCN12. The second-order valence-corrected chi connectivity index (χ2v) is 4.91. The van der Waals surface area contributed by atoms with Crippen molar-refractivity contribution in [1.29, 1.82) is 0 Å². The maximum atomic E-state index is 12.4. The van der Waals surface area contributed by atoms with Crippen LogP contribution in [-0.4, -0.2) is 53.0 Å². The number of aromatic nitrogens is 1. The van der Waals surface area contributed by atoms with Crippen molar-refractivity contribution in [2.75, 3.05) is 26.2 Å². The third-order valence-corrected chi connectivity index (χ3v) is 3.69. The van der Waals surface area contributed by atoms with Gasteiger partial charge in [0.1, 0.15) is 0 Å². The van der Waals surface area contributed by atoms with Crippen molar-refractivity contribution < 1.29 is 4.79 Å². The summed E-state index contributed by atoms with van der Waals surface area (Å²) < 4.78 is 0. The second-order valence-electron chi connectivity index (χ2n) is 4.91. The van der Waals surface area contributed by atoms with Crippen LogP contribution >= 0.6 is 0 Å². The second kappa shape index (κ2) is 4.94. The van der Waals surface area contributed by atoms with Gasteiger partial charge in [0.15, 0.2) is 0 Å². The van der Waals surface area contributed by atoms with Crippen LogP contribution in [0.25, 0.3) is 0 Å². The summed E-state index contributed by atoms with van der Waals surface area (Å²) in [5.41, 5.74) is 1.10. The van der Waals surface area contributed by atoms with Crippen molar-refractivity contribution in [3.63, 3.8) is 0 Å². The van der Waals surface area contributed by atoms with Gasteiger partial charge in [-0.3, -0.25) is 4.98 Å². The third kappa shape index (κ3) is 2.18. The zero-order valence-electron chi connectivity index (χ0n) is 10.4. The standard InChI is InChI=1S/C13H18N4O/c18-13-16(10-11-2-1-4-14-8-11)6-3-12-9-15-5-7-17(12)13/h1-2,4,8,12,15H,3,5-7,9-10H2. The molecule has 0 aliphatic carbocycles. The third-order valence-electron chi connectivity index (χ3n) is 3.69. The summed E-state index contributed by atoms with van der Waals surface area (Å²) >= 11 is 0. The number of urea groups is 1. The summed E-state index contributed by atoms with van der Waals surface area (Å²) in [4.78, 5) is 20.4. The van der Waals surface area contributed by atoms with Crippen molar-refractivity contribution >= 4 is 6.03 Å². The van der Waals surface area contributed by atoms with Gasteiger partial charge in [-0.1, -0.05) is 6.07 Å².